The second-order valence-electron chi connectivity index (χ2n) is 5.61. The van der Waals surface area contributed by atoms with Gasteiger partial charge in [-0.25, -0.2) is 9.97 Å². The first-order valence-electron chi connectivity index (χ1n) is 7.24. The first-order chi connectivity index (χ1) is 11.1. The molecule has 6 heteroatoms. The van der Waals surface area contributed by atoms with E-state index < -0.39 is 0 Å². The van der Waals surface area contributed by atoms with E-state index in [1.807, 2.05) is 42.3 Å². The molecule has 0 saturated carbocycles. The van der Waals surface area contributed by atoms with Crippen LogP contribution in [-0.4, -0.2) is 25.2 Å². The van der Waals surface area contributed by atoms with Crippen LogP contribution in [0.4, 0.5) is 5.82 Å². The zero-order chi connectivity index (χ0) is 16.1. The van der Waals surface area contributed by atoms with Crippen LogP contribution in [0.5, 0.6) is 0 Å². The number of nitrogens with two attached hydrogens (primary N) is 1. The normalized spacial score (nSPS) is 11.4. The summed E-state index contributed by atoms with van der Waals surface area (Å²) in [6.07, 6.45) is 6.46. The molecule has 0 radical (unpaired) electrons. The second-order valence-corrected chi connectivity index (χ2v) is 5.61. The van der Waals surface area contributed by atoms with Crippen molar-refractivity contribution in [2.75, 3.05) is 5.73 Å². The Morgan fingerprint density at radius 1 is 1.26 bits per heavy atom. The van der Waals surface area contributed by atoms with Crippen LogP contribution in [0.25, 0.3) is 27.8 Å². The van der Waals surface area contributed by atoms with E-state index in [9.17, 15) is 4.79 Å². The molecule has 0 spiro atoms. The lowest BCUT2D eigenvalue weighted by Gasteiger charge is -2.08. The number of anilines is 1. The molecule has 114 valence electrons. The molecule has 4 aromatic heterocycles. The Bertz CT molecular complexity index is 1070. The molecule has 4 aromatic rings. The van der Waals surface area contributed by atoms with E-state index in [2.05, 4.69) is 23.0 Å². The lowest BCUT2D eigenvalue weighted by Crippen LogP contribution is -1.96. The van der Waals surface area contributed by atoms with Gasteiger partial charge in [-0.3, -0.25) is 9.20 Å². The molecule has 0 fully saturated rings. The summed E-state index contributed by atoms with van der Waals surface area (Å²) in [6, 6.07) is 5.88. The molecule has 23 heavy (non-hydrogen) atoms. The highest BCUT2D eigenvalue weighted by atomic mass is 16.1. The number of aromatic nitrogens is 4. The minimum Gasteiger partial charge on any atom is -0.382 e. The fourth-order valence-electron chi connectivity index (χ4n) is 2.99. The van der Waals surface area contributed by atoms with Crippen LogP contribution >= 0.6 is 0 Å². The maximum atomic E-state index is 11.2. The van der Waals surface area contributed by atoms with E-state index in [4.69, 9.17) is 5.73 Å². The fourth-order valence-corrected chi connectivity index (χ4v) is 2.99. The number of carbonyl (C=O) groups excluding carboxylic acids is 1. The SMILES string of the molecule is Cc1c(-c2ccc3nc(N)c(C=O)n3c2)cnc2c1ccn2C. The van der Waals surface area contributed by atoms with Crippen LogP contribution in [0.2, 0.25) is 0 Å². The maximum absolute atomic E-state index is 11.2. The zero-order valence-electron chi connectivity index (χ0n) is 12.8. The second kappa shape index (κ2) is 4.67. The molecular formula is C17H15N5O. The summed E-state index contributed by atoms with van der Waals surface area (Å²) >= 11 is 0. The average molecular weight is 305 g/mol. The Labute approximate surface area is 132 Å². The van der Waals surface area contributed by atoms with E-state index in [0.717, 1.165) is 34.0 Å². The number of pyridine rings is 2. The van der Waals surface area contributed by atoms with Gasteiger partial charge in [0.05, 0.1) is 0 Å². The number of hydrogen-bond donors (Lipinski definition) is 1. The third kappa shape index (κ3) is 1.85. The Morgan fingerprint density at radius 2 is 2.09 bits per heavy atom. The van der Waals surface area contributed by atoms with Crippen LogP contribution in [0.15, 0.2) is 36.8 Å². The molecule has 4 rings (SSSR count). The van der Waals surface area contributed by atoms with Crippen LogP contribution in [0.1, 0.15) is 16.1 Å². The first kappa shape index (κ1) is 13.5. The number of carbonyl (C=O) groups is 1. The third-order valence-corrected chi connectivity index (χ3v) is 4.27. The Kier molecular flexibility index (Phi) is 2.74. The van der Waals surface area contributed by atoms with Gasteiger partial charge < -0.3 is 10.3 Å². The molecule has 0 aromatic carbocycles. The fraction of sp³-hybridized carbons (Fsp3) is 0.118. The molecule has 0 aliphatic rings. The van der Waals surface area contributed by atoms with Crippen molar-refractivity contribution in [3.8, 4) is 11.1 Å². The van der Waals surface area contributed by atoms with E-state index in [1.54, 1.807) is 4.40 Å². The highest BCUT2D eigenvalue weighted by molar-refractivity contribution is 5.87. The molecule has 0 aliphatic heterocycles. The summed E-state index contributed by atoms with van der Waals surface area (Å²) in [4.78, 5) is 20.0. The quantitative estimate of drug-likeness (QED) is 0.577. The van der Waals surface area contributed by atoms with Gasteiger partial charge in [-0.2, -0.15) is 0 Å². The largest absolute Gasteiger partial charge is 0.382 e. The number of imidazole rings is 1. The molecular weight excluding hydrogens is 290 g/mol. The monoisotopic (exact) mass is 305 g/mol. The van der Waals surface area contributed by atoms with Crippen LogP contribution in [0.3, 0.4) is 0 Å². The molecule has 2 N–H and O–H groups in total. The van der Waals surface area contributed by atoms with Gasteiger partial charge in [-0.15, -0.1) is 0 Å². The number of nitrogens with zero attached hydrogens (tertiary/aromatic N) is 4. The molecule has 4 heterocycles. The van der Waals surface area contributed by atoms with Crippen LogP contribution < -0.4 is 5.73 Å². The van der Waals surface area contributed by atoms with Crippen molar-refractivity contribution in [3.63, 3.8) is 0 Å². The summed E-state index contributed by atoms with van der Waals surface area (Å²) in [5.74, 6) is 0.241. The molecule has 0 bridgehead atoms. The number of rotatable bonds is 2. The van der Waals surface area contributed by atoms with E-state index in [0.29, 0.717) is 11.3 Å². The lowest BCUT2D eigenvalue weighted by atomic mass is 10.0. The number of nitrogen functional groups attached to an aromatic ring is 1. The summed E-state index contributed by atoms with van der Waals surface area (Å²) in [5, 5.41) is 1.12. The van der Waals surface area contributed by atoms with Crippen LogP contribution in [0, 0.1) is 6.92 Å². The predicted molar refractivity (Wildman–Crippen MR) is 89.4 cm³/mol. The molecule has 0 amide bonds. The topological polar surface area (TPSA) is 78.2 Å². The predicted octanol–water partition coefficient (Wildman–Crippen LogP) is 2.59. The standard InChI is InChI=1S/C17H15N5O/c1-10-12-5-6-21(2)17(12)19-7-13(10)11-3-4-15-20-16(18)14(9-23)22(15)8-11/h3-9H,18H2,1-2H3. The van der Waals surface area contributed by atoms with Gasteiger partial charge in [0.15, 0.2) is 12.1 Å². The summed E-state index contributed by atoms with van der Waals surface area (Å²) in [5.41, 5.74) is 10.9. The van der Waals surface area contributed by atoms with Crippen molar-refractivity contribution >= 4 is 28.8 Å². The highest BCUT2D eigenvalue weighted by Gasteiger charge is 2.13. The number of fused-ring (bicyclic) bond motifs is 2. The zero-order valence-corrected chi connectivity index (χ0v) is 12.8. The molecule has 6 nitrogen and oxygen atoms in total. The summed E-state index contributed by atoms with van der Waals surface area (Å²) in [6.45, 7) is 2.08. The van der Waals surface area contributed by atoms with Gasteiger partial charge in [-0.05, 0) is 30.7 Å². The molecule has 0 saturated heterocycles. The van der Waals surface area contributed by atoms with Crippen molar-refractivity contribution in [2.45, 2.75) is 6.92 Å². The third-order valence-electron chi connectivity index (χ3n) is 4.27. The summed E-state index contributed by atoms with van der Waals surface area (Å²) in [7, 11) is 1.98. The Balaban J connectivity index is 1.98. The van der Waals surface area contributed by atoms with E-state index >= 15 is 0 Å². The number of aryl methyl sites for hydroxylation is 2. The lowest BCUT2D eigenvalue weighted by molar-refractivity contribution is 0.111. The van der Waals surface area contributed by atoms with Crippen molar-refractivity contribution in [1.82, 2.24) is 18.9 Å². The highest BCUT2D eigenvalue weighted by Crippen LogP contribution is 2.29. The van der Waals surface area contributed by atoms with Gasteiger partial charge in [0.25, 0.3) is 0 Å². The summed E-state index contributed by atoms with van der Waals surface area (Å²) < 4.78 is 3.71. The minimum absolute atomic E-state index is 0.241. The Morgan fingerprint density at radius 3 is 2.87 bits per heavy atom. The van der Waals surface area contributed by atoms with Gasteiger partial charge in [0.2, 0.25) is 0 Å². The van der Waals surface area contributed by atoms with Crippen molar-refractivity contribution in [3.05, 3.63) is 48.0 Å². The van der Waals surface area contributed by atoms with Gasteiger partial charge in [-0.1, -0.05) is 0 Å². The van der Waals surface area contributed by atoms with Crippen molar-refractivity contribution in [2.24, 2.45) is 7.05 Å². The van der Waals surface area contributed by atoms with Crippen molar-refractivity contribution in [1.29, 1.82) is 0 Å². The number of aldehydes is 1. The molecule has 0 atom stereocenters. The molecule has 0 unspecified atom stereocenters. The van der Waals surface area contributed by atoms with E-state index in [-0.39, 0.29) is 5.82 Å². The first-order valence-corrected chi connectivity index (χ1v) is 7.24. The minimum atomic E-state index is 0.241. The van der Waals surface area contributed by atoms with Gasteiger partial charge >= 0.3 is 0 Å². The van der Waals surface area contributed by atoms with Gasteiger partial charge in [0, 0.05) is 42.2 Å². The average Bonchev–Trinajstić information content (AvgIpc) is 3.07. The van der Waals surface area contributed by atoms with E-state index in [1.165, 1.54) is 0 Å². The van der Waals surface area contributed by atoms with Crippen LogP contribution in [-0.2, 0) is 7.05 Å². The molecule has 0 aliphatic carbocycles. The van der Waals surface area contributed by atoms with Gasteiger partial charge in [0.1, 0.15) is 17.0 Å². The maximum Gasteiger partial charge on any atom is 0.170 e. The smallest absolute Gasteiger partial charge is 0.170 e. The Hall–Kier alpha value is -3.15. The van der Waals surface area contributed by atoms with Crippen molar-refractivity contribution < 1.29 is 4.79 Å². The number of hydrogen-bond acceptors (Lipinski definition) is 4.